The molecule has 1 fully saturated rings. The minimum atomic E-state index is -0.407. The molecule has 3 aromatic rings. The van der Waals surface area contributed by atoms with E-state index in [-0.39, 0.29) is 23.1 Å². The first-order valence-corrected chi connectivity index (χ1v) is 9.77. The Morgan fingerprint density at radius 2 is 1.69 bits per heavy atom. The number of likely N-dealkylation sites (tertiary alicyclic amines) is 1. The van der Waals surface area contributed by atoms with Crippen LogP contribution in [0.4, 0.5) is 4.39 Å². The Balaban J connectivity index is 1.39. The van der Waals surface area contributed by atoms with Crippen LogP contribution >= 0.6 is 0 Å². The molecule has 0 spiro atoms. The zero-order valence-electron chi connectivity index (χ0n) is 15.9. The lowest BCUT2D eigenvalue weighted by molar-refractivity contribution is 0.0837. The van der Waals surface area contributed by atoms with Crippen molar-refractivity contribution in [3.8, 4) is 0 Å². The normalized spacial score (nSPS) is 15.6. The van der Waals surface area contributed by atoms with Crippen LogP contribution in [-0.2, 0) is 6.54 Å². The van der Waals surface area contributed by atoms with Crippen molar-refractivity contribution in [2.75, 3.05) is 19.6 Å². The van der Waals surface area contributed by atoms with Crippen molar-refractivity contribution in [2.45, 2.75) is 19.4 Å². The quantitative estimate of drug-likeness (QED) is 0.674. The van der Waals surface area contributed by atoms with Crippen molar-refractivity contribution in [1.29, 1.82) is 0 Å². The molecular weight excluding hydrogens is 373 g/mol. The molecule has 7 heteroatoms. The molecule has 0 unspecified atom stereocenters. The summed E-state index contributed by atoms with van der Waals surface area (Å²) in [6, 6.07) is 12.8. The summed E-state index contributed by atoms with van der Waals surface area (Å²) in [6.07, 6.45) is 1.47. The van der Waals surface area contributed by atoms with Crippen molar-refractivity contribution in [2.24, 2.45) is 5.92 Å². The largest absolute Gasteiger partial charge is 0.328 e. The highest BCUT2D eigenvalue weighted by Crippen LogP contribution is 2.22. The molecule has 0 saturated carbocycles. The second-order valence-electron chi connectivity index (χ2n) is 7.42. The van der Waals surface area contributed by atoms with E-state index in [9.17, 15) is 18.8 Å². The summed E-state index contributed by atoms with van der Waals surface area (Å²) in [5.74, 6) is -0.345. The summed E-state index contributed by atoms with van der Waals surface area (Å²) in [4.78, 5) is 41.4. The molecule has 4 rings (SSSR count). The number of fused-ring (bicyclic) bond motifs is 1. The van der Waals surface area contributed by atoms with Gasteiger partial charge in [0.05, 0.1) is 10.9 Å². The number of rotatable bonds is 5. The molecule has 1 N–H and O–H groups in total. The number of H-pyrrole nitrogens is 1. The molecule has 0 atom stereocenters. The maximum absolute atomic E-state index is 13.1. The van der Waals surface area contributed by atoms with E-state index in [0.717, 1.165) is 25.9 Å². The summed E-state index contributed by atoms with van der Waals surface area (Å²) in [6.45, 7) is 2.64. The van der Waals surface area contributed by atoms with Gasteiger partial charge in [-0.15, -0.1) is 0 Å². The zero-order valence-corrected chi connectivity index (χ0v) is 15.9. The number of piperidine rings is 1. The molecule has 2 aromatic carbocycles. The van der Waals surface area contributed by atoms with Gasteiger partial charge in [-0.2, -0.15) is 0 Å². The fraction of sp³-hybridized carbons (Fsp3) is 0.318. The second-order valence-corrected chi connectivity index (χ2v) is 7.42. The highest BCUT2D eigenvalue weighted by molar-refractivity contribution is 5.97. The van der Waals surface area contributed by atoms with Crippen molar-refractivity contribution in [3.05, 3.63) is 80.7 Å². The van der Waals surface area contributed by atoms with Gasteiger partial charge < -0.3 is 4.90 Å². The van der Waals surface area contributed by atoms with Gasteiger partial charge in [-0.05, 0) is 62.3 Å². The standard InChI is InChI=1S/C22H22FN3O3/c23-17-7-5-15(6-8-17)20(27)16-9-11-25(12-10-16)13-14-26-19-4-2-1-3-18(19)21(28)24-22(26)29/h1-8,16H,9-14H2,(H,24,28,29). The zero-order chi connectivity index (χ0) is 20.4. The number of Topliss-reactive ketones (excluding diaryl/α,β-unsaturated/α-hetero) is 1. The number of aromatic nitrogens is 2. The molecule has 1 aromatic heterocycles. The van der Waals surface area contributed by atoms with Crippen molar-refractivity contribution in [3.63, 3.8) is 0 Å². The number of hydrogen-bond donors (Lipinski definition) is 1. The predicted octanol–water partition coefficient (Wildman–Crippen LogP) is 2.42. The van der Waals surface area contributed by atoms with Gasteiger partial charge in [-0.25, -0.2) is 9.18 Å². The average Bonchev–Trinajstić information content (AvgIpc) is 2.74. The number of nitrogens with zero attached hydrogens (tertiary/aromatic N) is 2. The number of hydrogen-bond acceptors (Lipinski definition) is 4. The molecule has 0 radical (unpaired) electrons. The van der Waals surface area contributed by atoms with Gasteiger partial charge in [0.1, 0.15) is 5.82 Å². The summed E-state index contributed by atoms with van der Waals surface area (Å²) in [5, 5.41) is 0.496. The van der Waals surface area contributed by atoms with Gasteiger partial charge in [0.2, 0.25) is 0 Å². The Bertz CT molecular complexity index is 1140. The molecular formula is C22H22FN3O3. The Kier molecular flexibility index (Phi) is 5.40. The molecule has 2 heterocycles. The smallest absolute Gasteiger partial charge is 0.302 e. The maximum Gasteiger partial charge on any atom is 0.328 e. The van der Waals surface area contributed by atoms with Crippen LogP contribution in [0, 0.1) is 11.7 Å². The molecule has 0 bridgehead atoms. The van der Waals surface area contributed by atoms with E-state index >= 15 is 0 Å². The van der Waals surface area contributed by atoms with Crippen LogP contribution in [0.2, 0.25) is 0 Å². The Hall–Kier alpha value is -3.06. The number of carbonyl (C=O) groups is 1. The number of nitrogens with one attached hydrogen (secondary N) is 1. The van der Waals surface area contributed by atoms with E-state index in [1.807, 2.05) is 6.07 Å². The molecule has 6 nitrogen and oxygen atoms in total. The van der Waals surface area contributed by atoms with Crippen LogP contribution in [0.25, 0.3) is 10.9 Å². The number of benzene rings is 2. The highest BCUT2D eigenvalue weighted by Gasteiger charge is 2.25. The van der Waals surface area contributed by atoms with Gasteiger partial charge >= 0.3 is 5.69 Å². The third-order valence-electron chi connectivity index (χ3n) is 5.63. The SMILES string of the molecule is O=C(c1ccc(F)cc1)C1CCN(CCn2c(=O)[nH]c(=O)c3ccccc32)CC1. The average molecular weight is 395 g/mol. The van der Waals surface area contributed by atoms with Crippen molar-refractivity contribution in [1.82, 2.24) is 14.5 Å². The van der Waals surface area contributed by atoms with E-state index < -0.39 is 5.69 Å². The second kappa shape index (κ2) is 8.13. The number of ketones is 1. The fourth-order valence-electron chi connectivity index (χ4n) is 3.97. The van der Waals surface area contributed by atoms with Gasteiger partial charge in [-0.1, -0.05) is 12.1 Å². The Morgan fingerprint density at radius 3 is 2.41 bits per heavy atom. The van der Waals surface area contributed by atoms with Crippen LogP contribution in [0.5, 0.6) is 0 Å². The fourth-order valence-corrected chi connectivity index (χ4v) is 3.97. The van der Waals surface area contributed by atoms with Crippen LogP contribution in [0.1, 0.15) is 23.2 Å². The highest BCUT2D eigenvalue weighted by atomic mass is 19.1. The van der Waals surface area contributed by atoms with E-state index in [0.29, 0.717) is 29.6 Å². The van der Waals surface area contributed by atoms with E-state index in [1.165, 1.54) is 24.3 Å². The third-order valence-corrected chi connectivity index (χ3v) is 5.63. The Morgan fingerprint density at radius 1 is 1.00 bits per heavy atom. The van der Waals surface area contributed by atoms with Crippen molar-refractivity contribution < 1.29 is 9.18 Å². The molecule has 1 saturated heterocycles. The molecule has 1 aliphatic heterocycles. The first kappa shape index (κ1) is 19.3. The van der Waals surface area contributed by atoms with Crippen LogP contribution in [0.3, 0.4) is 0 Å². The van der Waals surface area contributed by atoms with Crippen LogP contribution in [-0.4, -0.2) is 39.9 Å². The molecule has 1 aliphatic rings. The van der Waals surface area contributed by atoms with Crippen molar-refractivity contribution >= 4 is 16.7 Å². The van der Waals surface area contributed by atoms with E-state index in [4.69, 9.17) is 0 Å². The van der Waals surface area contributed by atoms with Gasteiger partial charge in [0.15, 0.2) is 5.78 Å². The van der Waals surface area contributed by atoms with Gasteiger partial charge in [0.25, 0.3) is 5.56 Å². The summed E-state index contributed by atoms with van der Waals surface area (Å²) in [7, 11) is 0. The topological polar surface area (TPSA) is 75.2 Å². The number of aromatic amines is 1. The first-order chi connectivity index (χ1) is 14.0. The van der Waals surface area contributed by atoms with E-state index in [1.54, 1.807) is 22.8 Å². The minimum absolute atomic E-state index is 0.0617. The minimum Gasteiger partial charge on any atom is -0.302 e. The summed E-state index contributed by atoms with van der Waals surface area (Å²) in [5.41, 5.74) is 0.399. The number of carbonyl (C=O) groups excluding carboxylic acids is 1. The predicted molar refractivity (Wildman–Crippen MR) is 109 cm³/mol. The number of para-hydroxylation sites is 1. The maximum atomic E-state index is 13.1. The molecule has 29 heavy (non-hydrogen) atoms. The Labute approximate surface area is 166 Å². The monoisotopic (exact) mass is 395 g/mol. The van der Waals surface area contributed by atoms with Gasteiger partial charge in [-0.3, -0.25) is 19.1 Å². The van der Waals surface area contributed by atoms with Crippen LogP contribution < -0.4 is 11.2 Å². The number of halogens is 1. The third kappa shape index (κ3) is 4.05. The van der Waals surface area contributed by atoms with Crippen LogP contribution in [0.15, 0.2) is 58.1 Å². The van der Waals surface area contributed by atoms with E-state index in [2.05, 4.69) is 9.88 Å². The lowest BCUT2D eigenvalue weighted by Crippen LogP contribution is -2.40. The molecule has 0 aliphatic carbocycles. The lowest BCUT2D eigenvalue weighted by Gasteiger charge is -2.31. The summed E-state index contributed by atoms with van der Waals surface area (Å²) >= 11 is 0. The first-order valence-electron chi connectivity index (χ1n) is 9.77. The summed E-state index contributed by atoms with van der Waals surface area (Å²) < 4.78 is 14.6. The molecule has 150 valence electrons. The van der Waals surface area contributed by atoms with Gasteiger partial charge in [0, 0.05) is 24.6 Å². The molecule has 0 amide bonds. The lowest BCUT2D eigenvalue weighted by atomic mass is 9.89.